The Balaban J connectivity index is 2.05. The predicted octanol–water partition coefficient (Wildman–Crippen LogP) is 4.11. The average Bonchev–Trinajstić information content (AvgIpc) is 2.63. The molecule has 0 aliphatic carbocycles. The van der Waals surface area contributed by atoms with E-state index in [0.717, 1.165) is 5.56 Å². The third-order valence-corrected chi connectivity index (χ3v) is 3.46. The second-order valence-electron chi connectivity index (χ2n) is 5.18. The molecule has 2 aromatic rings. The summed E-state index contributed by atoms with van der Waals surface area (Å²) in [7, 11) is 1.57. The van der Waals surface area contributed by atoms with Gasteiger partial charge >= 0.3 is 0 Å². The van der Waals surface area contributed by atoms with Crippen molar-refractivity contribution in [2.45, 2.75) is 20.0 Å². The molecule has 0 aliphatic rings. The van der Waals surface area contributed by atoms with Crippen LogP contribution < -0.4 is 9.47 Å². The molecule has 2 aromatic carbocycles. The Morgan fingerprint density at radius 2 is 2.04 bits per heavy atom. The Kier molecular flexibility index (Phi) is 6.33. The van der Waals surface area contributed by atoms with E-state index < -0.39 is 11.0 Å². The molecule has 0 bridgehead atoms. The summed E-state index contributed by atoms with van der Waals surface area (Å²) in [5, 5.41) is 14.8. The first kappa shape index (κ1) is 18.3. The fraction of sp³-hybridized carbons (Fsp3) is 0.278. The first-order chi connectivity index (χ1) is 12.0. The molecule has 0 unspecified atom stereocenters. The van der Waals surface area contributed by atoms with Crippen molar-refractivity contribution in [3.8, 4) is 11.5 Å². The van der Waals surface area contributed by atoms with Crippen molar-refractivity contribution in [1.29, 1.82) is 0 Å². The van der Waals surface area contributed by atoms with Gasteiger partial charge in [-0.2, -0.15) is 0 Å². The van der Waals surface area contributed by atoms with Crippen molar-refractivity contribution in [1.82, 2.24) is 0 Å². The van der Waals surface area contributed by atoms with Crippen LogP contribution in [0.25, 0.3) is 0 Å². The second kappa shape index (κ2) is 8.68. The molecule has 0 amide bonds. The summed E-state index contributed by atoms with van der Waals surface area (Å²) in [5.41, 5.74) is 1.48. The van der Waals surface area contributed by atoms with E-state index in [9.17, 15) is 10.1 Å². The summed E-state index contributed by atoms with van der Waals surface area (Å²) < 4.78 is 10.7. The van der Waals surface area contributed by atoms with Crippen molar-refractivity contribution in [2.24, 2.45) is 5.16 Å². The highest BCUT2D eigenvalue weighted by molar-refractivity contribution is 5.80. The highest BCUT2D eigenvalue weighted by Gasteiger charge is 2.11. The van der Waals surface area contributed by atoms with Gasteiger partial charge in [-0.25, -0.2) is 0 Å². The van der Waals surface area contributed by atoms with E-state index in [1.165, 1.54) is 12.1 Å². The summed E-state index contributed by atoms with van der Waals surface area (Å²) in [5.74, 6) is 1.27. The lowest BCUT2D eigenvalue weighted by molar-refractivity contribution is -0.385. The maximum absolute atomic E-state index is 10.8. The fourth-order valence-electron chi connectivity index (χ4n) is 2.17. The number of rotatable bonds is 8. The van der Waals surface area contributed by atoms with Crippen molar-refractivity contribution in [2.75, 3.05) is 13.7 Å². The number of methoxy groups -OCH3 is 1. The zero-order valence-corrected chi connectivity index (χ0v) is 14.3. The van der Waals surface area contributed by atoms with Gasteiger partial charge in [-0.15, -0.1) is 0 Å². The Morgan fingerprint density at radius 3 is 2.72 bits per heavy atom. The maximum Gasteiger partial charge on any atom is 0.269 e. The van der Waals surface area contributed by atoms with Gasteiger partial charge in [0, 0.05) is 23.3 Å². The number of ether oxygens (including phenoxy) is 2. The van der Waals surface area contributed by atoms with Gasteiger partial charge in [0.25, 0.3) is 5.69 Å². The zero-order chi connectivity index (χ0) is 18.2. The van der Waals surface area contributed by atoms with E-state index in [2.05, 4.69) is 5.16 Å². The van der Waals surface area contributed by atoms with Gasteiger partial charge in [-0.05, 0) is 32.0 Å². The molecule has 0 saturated carbocycles. The van der Waals surface area contributed by atoms with E-state index in [1.807, 2.05) is 13.0 Å². The molecule has 1 atom stereocenters. The van der Waals surface area contributed by atoms with Crippen molar-refractivity contribution < 1.29 is 19.2 Å². The molecule has 0 aliphatic heterocycles. The lowest BCUT2D eigenvalue weighted by Crippen LogP contribution is -1.98. The molecule has 0 saturated heterocycles. The third-order valence-electron chi connectivity index (χ3n) is 3.46. The molecule has 132 valence electrons. The van der Waals surface area contributed by atoms with E-state index >= 15 is 0 Å². The Morgan fingerprint density at radius 1 is 1.24 bits per heavy atom. The summed E-state index contributed by atoms with van der Waals surface area (Å²) in [4.78, 5) is 15.8. The van der Waals surface area contributed by atoms with Crippen molar-refractivity contribution in [3.05, 3.63) is 63.7 Å². The monoisotopic (exact) mass is 344 g/mol. The SMILES string of the molecule is CCOc1ccc(/C=N\O[C@@H](C)c2cccc([N+](=O)[O-])c2)cc1OC. The van der Waals surface area contributed by atoms with Crippen LogP contribution in [0.15, 0.2) is 47.6 Å². The van der Waals surface area contributed by atoms with Crippen molar-refractivity contribution >= 4 is 11.9 Å². The Bertz CT molecular complexity index is 761. The number of non-ortho nitro benzene ring substituents is 1. The van der Waals surface area contributed by atoms with E-state index in [4.69, 9.17) is 14.3 Å². The molecular formula is C18H20N2O5. The molecule has 7 heteroatoms. The van der Waals surface area contributed by atoms with E-state index in [1.54, 1.807) is 44.5 Å². The quantitative estimate of drug-likeness (QED) is 0.409. The fourth-order valence-corrected chi connectivity index (χ4v) is 2.17. The highest BCUT2D eigenvalue weighted by Crippen LogP contribution is 2.27. The summed E-state index contributed by atoms with van der Waals surface area (Å²) in [6.07, 6.45) is 1.13. The number of oxime groups is 1. The minimum Gasteiger partial charge on any atom is -0.493 e. The third kappa shape index (κ3) is 4.94. The summed E-state index contributed by atoms with van der Waals surface area (Å²) in [6, 6.07) is 11.7. The van der Waals surface area contributed by atoms with E-state index in [0.29, 0.717) is 23.7 Å². The predicted molar refractivity (Wildman–Crippen MR) is 94.4 cm³/mol. The van der Waals surface area contributed by atoms with Crippen LogP contribution in [0.4, 0.5) is 5.69 Å². The molecule has 0 aromatic heterocycles. The topological polar surface area (TPSA) is 83.2 Å². The van der Waals surface area contributed by atoms with Gasteiger partial charge in [0.15, 0.2) is 11.5 Å². The number of hydrogen-bond acceptors (Lipinski definition) is 6. The van der Waals surface area contributed by atoms with Crippen LogP contribution >= 0.6 is 0 Å². The highest BCUT2D eigenvalue weighted by atomic mass is 16.6. The number of nitro groups is 1. The molecule has 0 fully saturated rings. The normalized spacial score (nSPS) is 12.0. The smallest absolute Gasteiger partial charge is 0.269 e. The second-order valence-corrected chi connectivity index (χ2v) is 5.18. The lowest BCUT2D eigenvalue weighted by Gasteiger charge is -2.10. The van der Waals surface area contributed by atoms with Gasteiger partial charge in [0.05, 0.1) is 24.9 Å². The molecule has 25 heavy (non-hydrogen) atoms. The van der Waals surface area contributed by atoms with Gasteiger partial charge in [-0.1, -0.05) is 17.3 Å². The first-order valence-electron chi connectivity index (χ1n) is 7.79. The molecule has 0 N–H and O–H groups in total. The molecule has 0 heterocycles. The Labute approximate surface area is 146 Å². The van der Waals surface area contributed by atoms with Crippen LogP contribution in [0, 0.1) is 10.1 Å². The largest absolute Gasteiger partial charge is 0.493 e. The van der Waals surface area contributed by atoms with Crippen LogP contribution in [0.1, 0.15) is 31.1 Å². The van der Waals surface area contributed by atoms with Gasteiger partial charge < -0.3 is 14.3 Å². The van der Waals surface area contributed by atoms with Crippen LogP contribution in [0.2, 0.25) is 0 Å². The van der Waals surface area contributed by atoms with Gasteiger partial charge in [-0.3, -0.25) is 10.1 Å². The molecule has 7 nitrogen and oxygen atoms in total. The van der Waals surface area contributed by atoms with Crippen molar-refractivity contribution in [3.63, 3.8) is 0 Å². The molecule has 2 rings (SSSR count). The molecule has 0 radical (unpaired) electrons. The minimum atomic E-state index is -0.439. The van der Waals surface area contributed by atoms with Gasteiger partial charge in [0.1, 0.15) is 6.10 Å². The number of hydrogen-bond donors (Lipinski definition) is 0. The standard InChI is InChI=1S/C18H20N2O5/c1-4-24-17-9-8-14(10-18(17)23-3)12-19-25-13(2)15-6-5-7-16(11-15)20(21)22/h5-13H,4H2,1-3H3/b19-12-/t13-/m0/s1. The van der Waals surface area contributed by atoms with E-state index in [-0.39, 0.29) is 5.69 Å². The van der Waals surface area contributed by atoms with Crippen LogP contribution in [-0.4, -0.2) is 24.9 Å². The summed E-state index contributed by atoms with van der Waals surface area (Å²) in [6.45, 7) is 4.22. The number of nitro benzene ring substituents is 1. The first-order valence-corrected chi connectivity index (χ1v) is 7.79. The molecular weight excluding hydrogens is 324 g/mol. The maximum atomic E-state index is 10.8. The number of nitrogens with zero attached hydrogens (tertiary/aromatic N) is 2. The average molecular weight is 344 g/mol. The number of benzene rings is 2. The molecule has 0 spiro atoms. The lowest BCUT2D eigenvalue weighted by atomic mass is 10.1. The minimum absolute atomic E-state index is 0.0215. The Hall–Kier alpha value is -3.09. The zero-order valence-electron chi connectivity index (χ0n) is 14.3. The van der Waals surface area contributed by atoms with Crippen LogP contribution in [0.3, 0.4) is 0 Å². The summed E-state index contributed by atoms with van der Waals surface area (Å²) >= 11 is 0. The van der Waals surface area contributed by atoms with Gasteiger partial charge in [0.2, 0.25) is 0 Å². The van der Waals surface area contributed by atoms with Crippen LogP contribution in [-0.2, 0) is 4.84 Å². The van der Waals surface area contributed by atoms with Crippen LogP contribution in [0.5, 0.6) is 11.5 Å².